The van der Waals surface area contributed by atoms with Crippen LogP contribution < -0.4 is 10.1 Å². The van der Waals surface area contributed by atoms with E-state index in [-0.39, 0.29) is 17.2 Å². The highest BCUT2D eigenvalue weighted by atomic mass is 32.2. The van der Waals surface area contributed by atoms with Gasteiger partial charge in [0.2, 0.25) is 11.8 Å². The third-order valence-electron chi connectivity index (χ3n) is 2.65. The molecule has 1 atom stereocenters. The zero-order chi connectivity index (χ0) is 14.7. The second-order valence-electron chi connectivity index (χ2n) is 4.19. The monoisotopic (exact) mass is 293 g/mol. The van der Waals surface area contributed by atoms with Crippen LogP contribution in [0.5, 0.6) is 5.75 Å². The van der Waals surface area contributed by atoms with E-state index in [1.165, 1.54) is 30.6 Å². The molecule has 7 heteroatoms. The Labute approximate surface area is 121 Å². The molecule has 6 nitrogen and oxygen atoms in total. The number of hydrogen-bond acceptors (Lipinski definition) is 5. The van der Waals surface area contributed by atoms with Crippen molar-refractivity contribution in [2.75, 3.05) is 7.11 Å². The largest absolute Gasteiger partial charge is 0.497 e. The average Bonchev–Trinajstić information content (AvgIpc) is 2.82. The average molecular weight is 293 g/mol. The van der Waals surface area contributed by atoms with E-state index < -0.39 is 0 Å². The quantitative estimate of drug-likeness (QED) is 0.901. The molecule has 0 fully saturated rings. The molecule has 0 saturated carbocycles. The molecule has 0 aliphatic carbocycles. The zero-order valence-electron chi connectivity index (χ0n) is 11.4. The number of carbonyl (C=O) groups is 2. The lowest BCUT2D eigenvalue weighted by Gasteiger charge is -2.19. The topological polar surface area (TPSA) is 71.0 Å². The first-order valence-corrected chi connectivity index (χ1v) is 6.86. The van der Waals surface area contributed by atoms with Gasteiger partial charge in [-0.05, 0) is 17.7 Å². The normalized spacial score (nSPS) is 17.6. The molecule has 0 saturated heterocycles. The van der Waals surface area contributed by atoms with Gasteiger partial charge in [0.05, 0.1) is 7.11 Å². The van der Waals surface area contributed by atoms with Crippen molar-refractivity contribution < 1.29 is 14.3 Å². The minimum absolute atomic E-state index is 0.182. The summed E-state index contributed by atoms with van der Waals surface area (Å²) in [7, 11) is 1.60. The number of amides is 2. The number of hydrazone groups is 1. The highest BCUT2D eigenvalue weighted by Crippen LogP contribution is 2.38. The Balaban J connectivity index is 2.22. The first kappa shape index (κ1) is 14.4. The first-order valence-electron chi connectivity index (χ1n) is 5.98. The molecule has 106 valence electrons. The van der Waals surface area contributed by atoms with Gasteiger partial charge in [-0.3, -0.25) is 9.59 Å². The van der Waals surface area contributed by atoms with Crippen molar-refractivity contribution in [3.63, 3.8) is 0 Å². The third-order valence-corrected chi connectivity index (χ3v) is 3.75. The van der Waals surface area contributed by atoms with E-state index in [0.29, 0.717) is 5.17 Å². The van der Waals surface area contributed by atoms with Crippen molar-refractivity contribution in [2.45, 2.75) is 19.2 Å². The second-order valence-corrected chi connectivity index (χ2v) is 5.26. The van der Waals surface area contributed by atoms with Gasteiger partial charge in [0, 0.05) is 13.8 Å². The summed E-state index contributed by atoms with van der Waals surface area (Å²) in [6, 6.07) is 7.40. The van der Waals surface area contributed by atoms with Gasteiger partial charge in [0.15, 0.2) is 5.17 Å². The number of nitrogens with one attached hydrogen (secondary N) is 1. The molecular formula is C13H15N3O3S. The van der Waals surface area contributed by atoms with Crippen LogP contribution >= 0.6 is 11.8 Å². The van der Waals surface area contributed by atoms with E-state index in [2.05, 4.69) is 10.4 Å². The number of amidine groups is 1. The van der Waals surface area contributed by atoms with Crippen molar-refractivity contribution in [2.24, 2.45) is 5.10 Å². The fraction of sp³-hybridized carbons (Fsp3) is 0.308. The number of carbonyl (C=O) groups excluding carboxylic acids is 2. The molecule has 1 heterocycles. The molecule has 1 aromatic carbocycles. The first-order chi connectivity index (χ1) is 9.51. The van der Waals surface area contributed by atoms with Crippen LogP contribution in [0.15, 0.2) is 29.4 Å². The van der Waals surface area contributed by atoms with Gasteiger partial charge in [-0.15, -0.1) is 5.10 Å². The molecule has 1 aliphatic rings. The van der Waals surface area contributed by atoms with Crippen molar-refractivity contribution in [3.8, 4) is 5.75 Å². The minimum atomic E-state index is -0.278. The number of thioether (sulfide) groups is 1. The molecular weight excluding hydrogens is 278 g/mol. The minimum Gasteiger partial charge on any atom is -0.497 e. The predicted octanol–water partition coefficient (Wildman–Crippen LogP) is 1.70. The molecule has 0 bridgehead atoms. The Morgan fingerprint density at radius 3 is 2.45 bits per heavy atom. The van der Waals surface area contributed by atoms with E-state index in [0.717, 1.165) is 11.3 Å². The third kappa shape index (κ3) is 3.11. The standard InChI is InChI=1S/C13H15N3O3S/c1-8(17)14-13-15-16(9(2)18)12(20-13)10-4-6-11(19-3)7-5-10/h4-7,12H,1-3H3,(H,14,15,17)/t12-/m1/s1. The molecule has 1 aliphatic heterocycles. The lowest BCUT2D eigenvalue weighted by atomic mass is 10.2. The van der Waals surface area contributed by atoms with Crippen LogP contribution in [-0.4, -0.2) is 29.1 Å². The van der Waals surface area contributed by atoms with Crippen LogP contribution in [0, 0.1) is 0 Å². The van der Waals surface area contributed by atoms with E-state index in [9.17, 15) is 9.59 Å². The van der Waals surface area contributed by atoms with Gasteiger partial charge in [-0.2, -0.15) is 0 Å². The molecule has 0 radical (unpaired) electrons. The van der Waals surface area contributed by atoms with Gasteiger partial charge in [-0.25, -0.2) is 5.01 Å². The van der Waals surface area contributed by atoms with Crippen molar-refractivity contribution in [3.05, 3.63) is 29.8 Å². The summed E-state index contributed by atoms with van der Waals surface area (Å²) in [4.78, 5) is 22.7. The number of benzene rings is 1. The predicted molar refractivity (Wildman–Crippen MR) is 77.1 cm³/mol. The number of ether oxygens (including phenoxy) is 1. The molecule has 0 aromatic heterocycles. The Morgan fingerprint density at radius 1 is 1.30 bits per heavy atom. The van der Waals surface area contributed by atoms with Crippen LogP contribution in [0.4, 0.5) is 0 Å². The van der Waals surface area contributed by atoms with Gasteiger partial charge in [0.1, 0.15) is 11.1 Å². The summed E-state index contributed by atoms with van der Waals surface area (Å²) in [5.41, 5.74) is 0.912. The Hall–Kier alpha value is -2.02. The molecule has 0 unspecified atom stereocenters. The lowest BCUT2D eigenvalue weighted by molar-refractivity contribution is -0.129. The van der Waals surface area contributed by atoms with E-state index in [1.807, 2.05) is 24.3 Å². The van der Waals surface area contributed by atoms with E-state index in [4.69, 9.17) is 4.74 Å². The SMILES string of the molecule is COc1ccc([C@H]2SC(NC(C)=O)=NN2C(C)=O)cc1. The number of hydrogen-bond donors (Lipinski definition) is 1. The van der Waals surface area contributed by atoms with Crippen molar-refractivity contribution in [1.29, 1.82) is 0 Å². The summed E-state index contributed by atoms with van der Waals surface area (Å²) in [6.07, 6.45) is 0. The van der Waals surface area contributed by atoms with E-state index in [1.54, 1.807) is 7.11 Å². The van der Waals surface area contributed by atoms with Crippen LogP contribution in [0.1, 0.15) is 24.8 Å². The Morgan fingerprint density at radius 2 is 1.95 bits per heavy atom. The van der Waals surface area contributed by atoms with Crippen molar-refractivity contribution in [1.82, 2.24) is 10.3 Å². The van der Waals surface area contributed by atoms with Crippen molar-refractivity contribution >= 4 is 28.7 Å². The molecule has 1 N–H and O–H groups in total. The van der Waals surface area contributed by atoms with Crippen LogP contribution in [-0.2, 0) is 9.59 Å². The van der Waals surface area contributed by atoms with Gasteiger partial charge in [0.25, 0.3) is 0 Å². The van der Waals surface area contributed by atoms with Gasteiger partial charge >= 0.3 is 0 Å². The zero-order valence-corrected chi connectivity index (χ0v) is 12.2. The maximum absolute atomic E-state index is 11.7. The summed E-state index contributed by atoms with van der Waals surface area (Å²) >= 11 is 1.32. The number of rotatable bonds is 2. The van der Waals surface area contributed by atoms with Crippen LogP contribution in [0.25, 0.3) is 0 Å². The maximum atomic E-state index is 11.7. The van der Waals surface area contributed by atoms with E-state index >= 15 is 0 Å². The smallest absolute Gasteiger partial charge is 0.241 e. The summed E-state index contributed by atoms with van der Waals surface area (Å²) in [5, 5.41) is 8.24. The molecule has 1 aromatic rings. The summed E-state index contributed by atoms with van der Waals surface area (Å²) < 4.78 is 5.11. The van der Waals surface area contributed by atoms with Crippen LogP contribution in [0.2, 0.25) is 0 Å². The highest BCUT2D eigenvalue weighted by molar-refractivity contribution is 8.14. The second kappa shape index (κ2) is 5.96. The Bertz CT molecular complexity index is 556. The summed E-state index contributed by atoms with van der Waals surface area (Å²) in [6.45, 7) is 2.85. The van der Waals surface area contributed by atoms with Crippen LogP contribution in [0.3, 0.4) is 0 Å². The fourth-order valence-corrected chi connectivity index (χ4v) is 2.89. The van der Waals surface area contributed by atoms with Gasteiger partial charge < -0.3 is 10.1 Å². The highest BCUT2D eigenvalue weighted by Gasteiger charge is 2.32. The maximum Gasteiger partial charge on any atom is 0.241 e. The summed E-state index contributed by atoms with van der Waals surface area (Å²) in [5.74, 6) is 0.350. The molecule has 2 amide bonds. The molecule has 0 spiro atoms. The number of nitrogens with zero attached hydrogens (tertiary/aromatic N) is 2. The fourth-order valence-electron chi connectivity index (χ4n) is 1.75. The Kier molecular flexibility index (Phi) is 4.29. The molecule has 20 heavy (non-hydrogen) atoms. The number of methoxy groups -OCH3 is 1. The van der Waals surface area contributed by atoms with Gasteiger partial charge in [-0.1, -0.05) is 23.9 Å². The molecule has 2 rings (SSSR count). The lowest BCUT2D eigenvalue weighted by Crippen LogP contribution is -2.25.